The molecule has 196 valence electrons. The molecule has 9 heteroatoms. The second-order valence-electron chi connectivity index (χ2n) is 9.38. The van der Waals surface area contributed by atoms with Crippen LogP contribution in [0.1, 0.15) is 31.1 Å². The highest BCUT2D eigenvalue weighted by Gasteiger charge is 2.26. The molecule has 0 saturated carbocycles. The van der Waals surface area contributed by atoms with Crippen molar-refractivity contribution < 1.29 is 14.4 Å². The molecule has 8 nitrogen and oxygen atoms in total. The van der Waals surface area contributed by atoms with Gasteiger partial charge in [0.1, 0.15) is 0 Å². The molecule has 3 amide bonds. The Hall–Kier alpha value is -3.88. The molecule has 2 heterocycles. The van der Waals surface area contributed by atoms with Gasteiger partial charge in [0.05, 0.1) is 11.4 Å². The lowest BCUT2D eigenvalue weighted by molar-refractivity contribution is 0.0731. The van der Waals surface area contributed by atoms with Gasteiger partial charge in [0.2, 0.25) is 0 Å². The number of amides is 3. The van der Waals surface area contributed by atoms with Crippen LogP contribution < -0.4 is 15.5 Å². The Balaban J connectivity index is 1.37. The molecule has 0 atom stereocenters. The first kappa shape index (κ1) is 25.8. The van der Waals surface area contributed by atoms with Crippen molar-refractivity contribution in [3.63, 3.8) is 0 Å². The van der Waals surface area contributed by atoms with Crippen molar-refractivity contribution in [1.29, 1.82) is 0 Å². The third-order valence-electron chi connectivity index (χ3n) is 6.91. The van der Waals surface area contributed by atoms with Gasteiger partial charge in [-0.05, 0) is 48.5 Å². The molecule has 0 unspecified atom stereocenters. The monoisotopic (exact) mass is 531 g/mol. The summed E-state index contributed by atoms with van der Waals surface area (Å²) in [5.74, 6) is -0.357. The summed E-state index contributed by atoms with van der Waals surface area (Å²) < 4.78 is 0. The fraction of sp³-hybridized carbons (Fsp3) is 0.276. The Morgan fingerprint density at radius 1 is 0.684 bits per heavy atom. The molecule has 3 aromatic carbocycles. The molecule has 0 radical (unpaired) electrons. The van der Waals surface area contributed by atoms with Crippen LogP contribution in [0.3, 0.4) is 0 Å². The second kappa shape index (κ2) is 11.7. The molecule has 3 aromatic rings. The van der Waals surface area contributed by atoms with E-state index in [4.69, 9.17) is 11.6 Å². The van der Waals surface area contributed by atoms with E-state index in [-0.39, 0.29) is 17.7 Å². The van der Waals surface area contributed by atoms with Gasteiger partial charge >= 0.3 is 0 Å². The molecule has 5 rings (SSSR count). The number of piperazine rings is 2. The van der Waals surface area contributed by atoms with E-state index in [1.54, 1.807) is 30.3 Å². The van der Waals surface area contributed by atoms with Crippen LogP contribution in [-0.2, 0) is 0 Å². The number of halogens is 1. The van der Waals surface area contributed by atoms with Crippen LogP contribution in [0.5, 0.6) is 0 Å². The Bertz CT molecular complexity index is 1320. The highest BCUT2D eigenvalue weighted by Crippen LogP contribution is 2.30. The maximum absolute atomic E-state index is 13.2. The number of hydrogen-bond acceptors (Lipinski definition) is 5. The number of benzene rings is 3. The number of nitrogens with one attached hydrogen (secondary N) is 2. The Morgan fingerprint density at radius 3 is 2.05 bits per heavy atom. The standard InChI is InChI=1S/C29H30ClN5O3/c30-24-8-4-7-22(19-24)27(36)32-25-20-23(29(38)34-13-11-31-12-14-34)9-10-26(25)33-15-17-35(18-16-33)28(37)21-5-2-1-3-6-21/h1-10,19-20,31H,11-18H2,(H,32,36). The van der Waals surface area contributed by atoms with Gasteiger partial charge in [-0.1, -0.05) is 35.9 Å². The topological polar surface area (TPSA) is 85.0 Å². The van der Waals surface area contributed by atoms with Gasteiger partial charge in [-0.25, -0.2) is 0 Å². The highest BCUT2D eigenvalue weighted by atomic mass is 35.5. The smallest absolute Gasteiger partial charge is 0.255 e. The minimum atomic E-state index is -0.307. The third-order valence-corrected chi connectivity index (χ3v) is 7.15. The number of nitrogens with zero attached hydrogens (tertiary/aromatic N) is 3. The summed E-state index contributed by atoms with van der Waals surface area (Å²) in [6, 6.07) is 21.5. The van der Waals surface area contributed by atoms with Gasteiger partial charge in [-0.3, -0.25) is 14.4 Å². The van der Waals surface area contributed by atoms with Crippen LogP contribution in [0.15, 0.2) is 72.8 Å². The summed E-state index contributed by atoms with van der Waals surface area (Å²) in [6.45, 7) is 5.11. The molecular formula is C29H30ClN5O3. The van der Waals surface area contributed by atoms with Crippen molar-refractivity contribution >= 4 is 40.7 Å². The van der Waals surface area contributed by atoms with Gasteiger partial charge in [0, 0.05) is 74.1 Å². The molecule has 2 fully saturated rings. The largest absolute Gasteiger partial charge is 0.366 e. The van der Waals surface area contributed by atoms with Crippen molar-refractivity contribution in [1.82, 2.24) is 15.1 Å². The number of anilines is 2. The number of carbonyl (C=O) groups is 3. The summed E-state index contributed by atoms with van der Waals surface area (Å²) in [7, 11) is 0. The Kier molecular flexibility index (Phi) is 7.91. The molecule has 0 aliphatic carbocycles. The van der Waals surface area contributed by atoms with Crippen LogP contribution in [0, 0.1) is 0 Å². The maximum Gasteiger partial charge on any atom is 0.255 e. The zero-order valence-electron chi connectivity index (χ0n) is 21.0. The minimum Gasteiger partial charge on any atom is -0.366 e. The highest BCUT2D eigenvalue weighted by molar-refractivity contribution is 6.31. The van der Waals surface area contributed by atoms with Crippen LogP contribution in [0.4, 0.5) is 11.4 Å². The zero-order chi connectivity index (χ0) is 26.5. The molecule has 2 saturated heterocycles. The second-order valence-corrected chi connectivity index (χ2v) is 9.82. The molecule has 2 N–H and O–H groups in total. The summed E-state index contributed by atoms with van der Waals surface area (Å²) in [4.78, 5) is 45.1. The summed E-state index contributed by atoms with van der Waals surface area (Å²) in [5.41, 5.74) is 2.99. The molecule has 38 heavy (non-hydrogen) atoms. The molecule has 2 aliphatic heterocycles. The molecule has 0 bridgehead atoms. The number of rotatable bonds is 5. The van der Waals surface area contributed by atoms with Crippen molar-refractivity contribution in [3.05, 3.63) is 94.5 Å². The van der Waals surface area contributed by atoms with E-state index in [1.165, 1.54) is 0 Å². The maximum atomic E-state index is 13.2. The van der Waals surface area contributed by atoms with Gasteiger partial charge in [0.15, 0.2) is 0 Å². The van der Waals surface area contributed by atoms with E-state index in [9.17, 15) is 14.4 Å². The quantitative estimate of drug-likeness (QED) is 0.525. The van der Waals surface area contributed by atoms with E-state index >= 15 is 0 Å². The van der Waals surface area contributed by atoms with E-state index in [0.29, 0.717) is 66.7 Å². The van der Waals surface area contributed by atoms with Gasteiger partial charge < -0.3 is 25.3 Å². The van der Waals surface area contributed by atoms with Crippen molar-refractivity contribution in [2.24, 2.45) is 0 Å². The molecule has 2 aliphatic rings. The Labute approximate surface area is 227 Å². The fourth-order valence-corrected chi connectivity index (χ4v) is 5.02. The Morgan fingerprint density at radius 2 is 1.34 bits per heavy atom. The van der Waals surface area contributed by atoms with Gasteiger partial charge in [0.25, 0.3) is 17.7 Å². The first-order chi connectivity index (χ1) is 18.5. The average molecular weight is 532 g/mol. The predicted octanol–water partition coefficient (Wildman–Crippen LogP) is 3.60. The van der Waals surface area contributed by atoms with E-state index in [1.807, 2.05) is 52.3 Å². The number of hydrogen-bond donors (Lipinski definition) is 2. The SMILES string of the molecule is O=C(Nc1cc(C(=O)N2CCNCC2)ccc1N1CCN(C(=O)c2ccccc2)CC1)c1cccc(Cl)c1. The average Bonchev–Trinajstić information content (AvgIpc) is 2.97. The first-order valence-corrected chi connectivity index (χ1v) is 13.2. The summed E-state index contributed by atoms with van der Waals surface area (Å²) >= 11 is 6.11. The van der Waals surface area contributed by atoms with Crippen LogP contribution in [-0.4, -0.2) is 79.9 Å². The van der Waals surface area contributed by atoms with Crippen molar-refractivity contribution in [2.45, 2.75) is 0 Å². The normalized spacial score (nSPS) is 15.8. The lowest BCUT2D eigenvalue weighted by atomic mass is 10.1. The summed E-state index contributed by atoms with van der Waals surface area (Å²) in [6.07, 6.45) is 0. The van der Waals surface area contributed by atoms with E-state index < -0.39 is 0 Å². The lowest BCUT2D eigenvalue weighted by Gasteiger charge is -2.37. The first-order valence-electron chi connectivity index (χ1n) is 12.8. The van der Waals surface area contributed by atoms with E-state index in [0.717, 1.165) is 18.8 Å². The van der Waals surface area contributed by atoms with Gasteiger partial charge in [-0.15, -0.1) is 0 Å². The zero-order valence-corrected chi connectivity index (χ0v) is 21.8. The van der Waals surface area contributed by atoms with E-state index in [2.05, 4.69) is 15.5 Å². The molecular weight excluding hydrogens is 502 g/mol. The lowest BCUT2D eigenvalue weighted by Crippen LogP contribution is -2.49. The number of carbonyl (C=O) groups excluding carboxylic acids is 3. The fourth-order valence-electron chi connectivity index (χ4n) is 4.83. The third kappa shape index (κ3) is 5.82. The van der Waals surface area contributed by atoms with Crippen molar-refractivity contribution in [2.75, 3.05) is 62.6 Å². The predicted molar refractivity (Wildman–Crippen MR) is 149 cm³/mol. The van der Waals surface area contributed by atoms with Crippen LogP contribution >= 0.6 is 11.6 Å². The van der Waals surface area contributed by atoms with Gasteiger partial charge in [-0.2, -0.15) is 0 Å². The minimum absolute atomic E-state index is 0.0108. The van der Waals surface area contributed by atoms with Crippen LogP contribution in [0.2, 0.25) is 5.02 Å². The molecule has 0 spiro atoms. The summed E-state index contributed by atoms with van der Waals surface area (Å²) in [5, 5.41) is 6.74. The van der Waals surface area contributed by atoms with Crippen molar-refractivity contribution in [3.8, 4) is 0 Å². The molecule has 0 aromatic heterocycles. The van der Waals surface area contributed by atoms with Crippen LogP contribution in [0.25, 0.3) is 0 Å².